The third kappa shape index (κ3) is 2.26. The summed E-state index contributed by atoms with van der Waals surface area (Å²) in [7, 11) is 0. The Hall–Kier alpha value is -1.36. The van der Waals surface area contributed by atoms with Crippen LogP contribution in [-0.2, 0) is 19.1 Å². The molecule has 2 aliphatic carbocycles. The van der Waals surface area contributed by atoms with Crippen molar-refractivity contribution in [3.63, 3.8) is 0 Å². The number of carbonyl (C=O) groups is 2. The number of hydrogen-bond donors (Lipinski definition) is 1. The van der Waals surface area contributed by atoms with E-state index in [1.165, 1.54) is 6.92 Å². The quantitative estimate of drug-likeness (QED) is 0.591. The molecule has 0 aromatic heterocycles. The van der Waals surface area contributed by atoms with Gasteiger partial charge in [-0.2, -0.15) is 0 Å². The van der Waals surface area contributed by atoms with E-state index in [9.17, 15) is 14.7 Å². The van der Waals surface area contributed by atoms with Crippen LogP contribution in [0.15, 0.2) is 11.6 Å². The standard InChI is InChI=1S/C17H24O5/c1-8-5-14-12(9(2)16(19)22-14)6-13-11(8)7-15(17(13,4)20)21-10(3)18/h5,9,11-15,20H,6-7H2,1-4H3/t9-,11-,12+,13+,14+,15+,17-/m0/s1. The monoisotopic (exact) mass is 308 g/mol. The van der Waals surface area contributed by atoms with Gasteiger partial charge < -0.3 is 14.6 Å². The minimum atomic E-state index is -1.08. The molecule has 0 amide bonds. The highest BCUT2D eigenvalue weighted by Crippen LogP contribution is 2.52. The molecule has 0 aromatic carbocycles. The maximum atomic E-state index is 11.8. The molecule has 0 spiro atoms. The molecule has 3 rings (SSSR count). The van der Waals surface area contributed by atoms with Gasteiger partial charge in [0.15, 0.2) is 0 Å². The zero-order chi connectivity index (χ0) is 16.2. The molecule has 5 nitrogen and oxygen atoms in total. The molecule has 0 unspecified atom stereocenters. The lowest BCUT2D eigenvalue weighted by Crippen LogP contribution is -2.43. The van der Waals surface area contributed by atoms with E-state index in [-0.39, 0.29) is 41.7 Å². The van der Waals surface area contributed by atoms with Crippen molar-refractivity contribution in [3.8, 4) is 0 Å². The van der Waals surface area contributed by atoms with E-state index in [2.05, 4.69) is 0 Å². The molecule has 2 fully saturated rings. The van der Waals surface area contributed by atoms with Crippen LogP contribution in [0.5, 0.6) is 0 Å². The van der Waals surface area contributed by atoms with E-state index < -0.39 is 11.7 Å². The molecule has 0 radical (unpaired) electrons. The second-order valence-electron chi connectivity index (χ2n) is 7.27. The van der Waals surface area contributed by atoms with Crippen LogP contribution in [0.4, 0.5) is 0 Å². The van der Waals surface area contributed by atoms with Crippen LogP contribution in [0.3, 0.4) is 0 Å². The lowest BCUT2D eigenvalue weighted by Gasteiger charge is -2.33. The number of allylic oxidation sites excluding steroid dienone is 1. The fraction of sp³-hybridized carbons (Fsp3) is 0.765. The first kappa shape index (κ1) is 15.5. The molecule has 22 heavy (non-hydrogen) atoms. The van der Waals surface area contributed by atoms with Gasteiger partial charge in [-0.25, -0.2) is 0 Å². The highest BCUT2D eigenvalue weighted by Gasteiger charge is 2.57. The van der Waals surface area contributed by atoms with Crippen molar-refractivity contribution in [2.24, 2.45) is 23.7 Å². The molecule has 1 saturated carbocycles. The zero-order valence-corrected chi connectivity index (χ0v) is 13.5. The predicted molar refractivity (Wildman–Crippen MR) is 78.7 cm³/mol. The van der Waals surface area contributed by atoms with E-state index >= 15 is 0 Å². The third-order valence-corrected chi connectivity index (χ3v) is 5.89. The molecule has 1 aliphatic heterocycles. The Morgan fingerprint density at radius 2 is 2.14 bits per heavy atom. The predicted octanol–water partition coefficient (Wildman–Crippen LogP) is 1.83. The molecule has 3 aliphatic rings. The first-order chi connectivity index (χ1) is 10.2. The maximum absolute atomic E-state index is 11.8. The van der Waals surface area contributed by atoms with Crippen LogP contribution in [0.2, 0.25) is 0 Å². The topological polar surface area (TPSA) is 72.8 Å². The van der Waals surface area contributed by atoms with Crippen LogP contribution in [-0.4, -0.2) is 34.9 Å². The molecule has 122 valence electrons. The minimum Gasteiger partial charge on any atom is -0.459 e. The Balaban J connectivity index is 1.92. The average molecular weight is 308 g/mol. The Labute approximate surface area is 130 Å². The van der Waals surface area contributed by atoms with Crippen LogP contribution < -0.4 is 0 Å². The average Bonchev–Trinajstić information content (AvgIpc) is 2.73. The maximum Gasteiger partial charge on any atom is 0.309 e. The van der Waals surface area contributed by atoms with Gasteiger partial charge >= 0.3 is 11.9 Å². The van der Waals surface area contributed by atoms with Crippen molar-refractivity contribution in [1.29, 1.82) is 0 Å². The van der Waals surface area contributed by atoms with E-state index in [0.717, 1.165) is 5.57 Å². The number of hydrogen-bond acceptors (Lipinski definition) is 5. The Kier molecular flexibility index (Phi) is 3.59. The number of rotatable bonds is 1. The second kappa shape index (κ2) is 5.08. The molecule has 5 heteroatoms. The molecule has 0 bridgehead atoms. The summed E-state index contributed by atoms with van der Waals surface area (Å²) in [6.45, 7) is 7.03. The van der Waals surface area contributed by atoms with Crippen LogP contribution >= 0.6 is 0 Å². The van der Waals surface area contributed by atoms with Crippen molar-refractivity contribution in [2.45, 2.75) is 58.3 Å². The third-order valence-electron chi connectivity index (χ3n) is 5.89. The van der Waals surface area contributed by atoms with E-state index in [0.29, 0.717) is 12.8 Å². The van der Waals surface area contributed by atoms with Crippen molar-refractivity contribution in [1.82, 2.24) is 0 Å². The molecule has 0 aromatic rings. The number of esters is 2. The Morgan fingerprint density at radius 3 is 2.77 bits per heavy atom. The SMILES string of the molecule is CC(=O)O[C@@H]1C[C@H]2C(C)=C[C@H]3OC(=O)[C@@H](C)[C@H]3C[C@H]2[C@]1(C)O. The van der Waals surface area contributed by atoms with Gasteiger partial charge in [-0.05, 0) is 44.6 Å². The van der Waals surface area contributed by atoms with Gasteiger partial charge in [-0.1, -0.05) is 12.5 Å². The lowest BCUT2D eigenvalue weighted by molar-refractivity contribution is -0.160. The summed E-state index contributed by atoms with van der Waals surface area (Å²) < 4.78 is 10.8. The van der Waals surface area contributed by atoms with Crippen molar-refractivity contribution < 1.29 is 24.2 Å². The van der Waals surface area contributed by atoms with Crippen molar-refractivity contribution in [2.75, 3.05) is 0 Å². The minimum absolute atomic E-state index is 0.0277. The summed E-state index contributed by atoms with van der Waals surface area (Å²) in [6, 6.07) is 0. The number of fused-ring (bicyclic) bond motifs is 2. The summed E-state index contributed by atoms with van der Waals surface area (Å²) in [6.07, 6.45) is 2.69. The summed E-state index contributed by atoms with van der Waals surface area (Å²) in [5.74, 6) is -0.465. The van der Waals surface area contributed by atoms with Gasteiger partial charge in [0.25, 0.3) is 0 Å². The second-order valence-corrected chi connectivity index (χ2v) is 7.27. The first-order valence-corrected chi connectivity index (χ1v) is 8.00. The zero-order valence-electron chi connectivity index (χ0n) is 13.5. The molecule has 1 N–H and O–H groups in total. The van der Waals surface area contributed by atoms with Crippen LogP contribution in [0.25, 0.3) is 0 Å². The summed E-state index contributed by atoms with van der Waals surface area (Å²) in [5.41, 5.74) is 0.0421. The summed E-state index contributed by atoms with van der Waals surface area (Å²) >= 11 is 0. The highest BCUT2D eigenvalue weighted by molar-refractivity contribution is 5.75. The largest absolute Gasteiger partial charge is 0.459 e. The Morgan fingerprint density at radius 1 is 1.45 bits per heavy atom. The van der Waals surface area contributed by atoms with Crippen LogP contribution in [0.1, 0.15) is 40.5 Å². The number of carbonyl (C=O) groups excluding carboxylic acids is 2. The van der Waals surface area contributed by atoms with Gasteiger partial charge in [-0.15, -0.1) is 0 Å². The van der Waals surface area contributed by atoms with E-state index in [1.807, 2.05) is 19.9 Å². The first-order valence-electron chi connectivity index (χ1n) is 8.00. The fourth-order valence-corrected chi connectivity index (χ4v) is 4.51. The van der Waals surface area contributed by atoms with Crippen LogP contribution in [0, 0.1) is 23.7 Å². The van der Waals surface area contributed by atoms with E-state index in [4.69, 9.17) is 9.47 Å². The lowest BCUT2D eigenvalue weighted by atomic mass is 9.76. The smallest absolute Gasteiger partial charge is 0.309 e. The summed E-state index contributed by atoms with van der Waals surface area (Å²) in [4.78, 5) is 23.1. The normalized spacial score (nSPS) is 47.1. The molecule has 1 heterocycles. The van der Waals surface area contributed by atoms with Gasteiger partial charge in [0.2, 0.25) is 0 Å². The van der Waals surface area contributed by atoms with Crippen molar-refractivity contribution >= 4 is 11.9 Å². The number of aliphatic hydroxyl groups is 1. The Bertz CT molecular complexity index is 535. The fourth-order valence-electron chi connectivity index (χ4n) is 4.51. The van der Waals surface area contributed by atoms with Gasteiger partial charge in [0, 0.05) is 12.8 Å². The molecule has 1 saturated heterocycles. The van der Waals surface area contributed by atoms with Crippen molar-refractivity contribution in [3.05, 3.63) is 11.6 Å². The highest BCUT2D eigenvalue weighted by atomic mass is 16.6. The van der Waals surface area contributed by atoms with E-state index in [1.54, 1.807) is 6.92 Å². The van der Waals surface area contributed by atoms with Gasteiger partial charge in [-0.3, -0.25) is 9.59 Å². The molecular formula is C17H24O5. The number of ether oxygens (including phenoxy) is 2. The summed E-state index contributed by atoms with van der Waals surface area (Å²) in [5, 5.41) is 11.0. The van der Waals surface area contributed by atoms with Gasteiger partial charge in [0.05, 0.1) is 5.92 Å². The molecular weight excluding hydrogens is 284 g/mol. The van der Waals surface area contributed by atoms with Gasteiger partial charge in [0.1, 0.15) is 17.8 Å². The molecule has 7 atom stereocenters.